The molecule has 138 valence electrons. The molecule has 3 aromatic rings. The first kappa shape index (κ1) is 18.5. The summed E-state index contributed by atoms with van der Waals surface area (Å²) < 4.78 is 13.7. The number of hydrogen-bond acceptors (Lipinski definition) is 4. The zero-order chi connectivity index (χ0) is 19.4. The van der Waals surface area contributed by atoms with Gasteiger partial charge in [0.1, 0.15) is 11.5 Å². The topological polar surface area (TPSA) is 66.9 Å². The van der Waals surface area contributed by atoms with Crippen LogP contribution in [0.15, 0.2) is 48.5 Å². The summed E-state index contributed by atoms with van der Waals surface area (Å²) in [6.45, 7) is 5.88. The summed E-state index contributed by atoms with van der Waals surface area (Å²) in [6, 6.07) is 14.0. The lowest BCUT2D eigenvalue weighted by Crippen LogP contribution is -2.25. The average molecular weight is 364 g/mol. The minimum Gasteiger partial charge on any atom is -0.347 e. The minimum absolute atomic E-state index is 0.0916. The molecule has 0 fully saturated rings. The molecule has 5 nitrogen and oxygen atoms in total. The van der Waals surface area contributed by atoms with Crippen molar-refractivity contribution < 1.29 is 9.18 Å². The fourth-order valence-electron chi connectivity index (χ4n) is 2.64. The minimum atomic E-state index is -0.382. The number of amides is 1. The molecule has 27 heavy (non-hydrogen) atoms. The summed E-state index contributed by atoms with van der Waals surface area (Å²) in [7, 11) is 0. The van der Waals surface area contributed by atoms with Gasteiger partial charge in [-0.3, -0.25) is 4.79 Å². The van der Waals surface area contributed by atoms with Gasteiger partial charge < -0.3 is 10.6 Å². The van der Waals surface area contributed by atoms with Crippen LogP contribution in [0, 0.1) is 26.6 Å². The smallest absolute Gasteiger partial charge is 0.270 e. The highest BCUT2D eigenvalue weighted by molar-refractivity contribution is 5.92. The zero-order valence-corrected chi connectivity index (χ0v) is 15.5. The molecule has 0 atom stereocenters. The third kappa shape index (κ3) is 4.67. The van der Waals surface area contributed by atoms with E-state index in [2.05, 4.69) is 20.6 Å². The number of benzene rings is 2. The fourth-order valence-corrected chi connectivity index (χ4v) is 2.64. The molecular weight excluding hydrogens is 343 g/mol. The molecule has 0 aliphatic heterocycles. The van der Waals surface area contributed by atoms with Crippen LogP contribution in [0.4, 0.5) is 16.0 Å². The molecule has 0 radical (unpaired) electrons. The van der Waals surface area contributed by atoms with Crippen LogP contribution in [0.3, 0.4) is 0 Å². The Morgan fingerprint density at radius 3 is 2.59 bits per heavy atom. The zero-order valence-electron chi connectivity index (χ0n) is 15.5. The third-order valence-corrected chi connectivity index (χ3v) is 4.12. The molecule has 0 aliphatic carbocycles. The average Bonchev–Trinajstić information content (AvgIpc) is 2.63. The van der Waals surface area contributed by atoms with E-state index in [-0.39, 0.29) is 24.0 Å². The van der Waals surface area contributed by atoms with Crippen LogP contribution in [0.5, 0.6) is 0 Å². The number of rotatable bonds is 5. The van der Waals surface area contributed by atoms with E-state index < -0.39 is 0 Å². The van der Waals surface area contributed by atoms with Gasteiger partial charge in [-0.15, -0.1) is 0 Å². The van der Waals surface area contributed by atoms with Crippen LogP contribution in [0.2, 0.25) is 0 Å². The van der Waals surface area contributed by atoms with Gasteiger partial charge in [-0.05, 0) is 50.1 Å². The highest BCUT2D eigenvalue weighted by atomic mass is 19.1. The van der Waals surface area contributed by atoms with Gasteiger partial charge in [-0.1, -0.05) is 30.3 Å². The predicted octanol–water partition coefficient (Wildman–Crippen LogP) is 4.21. The summed E-state index contributed by atoms with van der Waals surface area (Å²) in [5.41, 5.74) is 4.36. The lowest BCUT2D eigenvalue weighted by atomic mass is 10.1. The Morgan fingerprint density at radius 1 is 1.04 bits per heavy atom. The molecule has 1 amide bonds. The third-order valence-electron chi connectivity index (χ3n) is 4.12. The highest BCUT2D eigenvalue weighted by Gasteiger charge is 2.12. The second-order valence-electron chi connectivity index (χ2n) is 6.44. The van der Waals surface area contributed by atoms with Crippen molar-refractivity contribution in [2.24, 2.45) is 0 Å². The quantitative estimate of drug-likeness (QED) is 0.711. The lowest BCUT2D eigenvalue weighted by molar-refractivity contribution is 0.0945. The van der Waals surface area contributed by atoms with E-state index in [1.165, 1.54) is 6.07 Å². The van der Waals surface area contributed by atoms with Gasteiger partial charge in [-0.2, -0.15) is 0 Å². The Kier molecular flexibility index (Phi) is 5.45. The van der Waals surface area contributed by atoms with Crippen LogP contribution >= 0.6 is 0 Å². The van der Waals surface area contributed by atoms with Gasteiger partial charge in [-0.25, -0.2) is 14.4 Å². The Balaban J connectivity index is 1.77. The van der Waals surface area contributed by atoms with Gasteiger partial charge in [0.05, 0.1) is 0 Å². The number of carbonyl (C=O) groups is 1. The first-order valence-electron chi connectivity index (χ1n) is 8.64. The van der Waals surface area contributed by atoms with E-state index in [1.54, 1.807) is 31.2 Å². The number of aromatic nitrogens is 2. The number of nitrogens with zero attached hydrogens (tertiary/aromatic N) is 2. The van der Waals surface area contributed by atoms with Gasteiger partial charge in [0, 0.05) is 23.5 Å². The van der Waals surface area contributed by atoms with E-state index in [0.717, 1.165) is 16.8 Å². The maximum Gasteiger partial charge on any atom is 0.270 e. The number of halogens is 1. The van der Waals surface area contributed by atoms with Crippen LogP contribution in [0.1, 0.15) is 32.9 Å². The SMILES string of the molecule is Cc1ccc(C)c(Nc2nc(C)cc(C(=O)NCc3ccccc3F)n2)c1. The monoisotopic (exact) mass is 364 g/mol. The second kappa shape index (κ2) is 7.95. The van der Waals surface area contributed by atoms with Crippen LogP contribution < -0.4 is 10.6 Å². The van der Waals surface area contributed by atoms with Crippen molar-refractivity contribution in [3.05, 3.63) is 82.4 Å². The summed E-state index contributed by atoms with van der Waals surface area (Å²) in [5.74, 6) is -0.388. The molecule has 6 heteroatoms. The molecule has 0 spiro atoms. The van der Waals surface area contributed by atoms with E-state index >= 15 is 0 Å². The highest BCUT2D eigenvalue weighted by Crippen LogP contribution is 2.20. The van der Waals surface area contributed by atoms with E-state index in [4.69, 9.17) is 0 Å². The van der Waals surface area contributed by atoms with E-state index in [9.17, 15) is 9.18 Å². The number of nitrogens with one attached hydrogen (secondary N) is 2. The van der Waals surface area contributed by atoms with Crippen LogP contribution in [-0.2, 0) is 6.54 Å². The fraction of sp³-hybridized carbons (Fsp3) is 0.190. The number of anilines is 2. The Hall–Kier alpha value is -3.28. The molecule has 0 unspecified atom stereocenters. The molecular formula is C21H21FN4O. The first-order chi connectivity index (χ1) is 12.9. The van der Waals surface area contributed by atoms with Crippen molar-refractivity contribution in [2.75, 3.05) is 5.32 Å². The lowest BCUT2D eigenvalue weighted by Gasteiger charge is -2.11. The van der Waals surface area contributed by atoms with Crippen LogP contribution in [0.25, 0.3) is 0 Å². The maximum atomic E-state index is 13.7. The molecule has 0 saturated heterocycles. The molecule has 2 N–H and O–H groups in total. The van der Waals surface area contributed by atoms with E-state index in [0.29, 0.717) is 17.2 Å². The number of aryl methyl sites for hydroxylation is 3. The molecule has 1 heterocycles. The molecule has 2 aromatic carbocycles. The van der Waals surface area contributed by atoms with E-state index in [1.807, 2.05) is 32.0 Å². The standard InChI is InChI=1S/C21H21FN4O/c1-13-8-9-14(2)18(10-13)25-21-24-15(3)11-19(26-21)20(27)23-12-16-6-4-5-7-17(16)22/h4-11H,12H2,1-3H3,(H,23,27)(H,24,25,26). The first-order valence-corrected chi connectivity index (χ1v) is 8.64. The number of carbonyl (C=O) groups excluding carboxylic acids is 1. The van der Waals surface area contributed by atoms with Crippen molar-refractivity contribution in [1.29, 1.82) is 0 Å². The Labute approximate surface area is 157 Å². The summed E-state index contributed by atoms with van der Waals surface area (Å²) in [4.78, 5) is 21.1. The Bertz CT molecular complexity index is 988. The molecule has 0 aliphatic rings. The summed E-state index contributed by atoms with van der Waals surface area (Å²) >= 11 is 0. The summed E-state index contributed by atoms with van der Waals surface area (Å²) in [5, 5.41) is 5.87. The molecule has 0 bridgehead atoms. The Morgan fingerprint density at radius 2 is 1.81 bits per heavy atom. The van der Waals surface area contributed by atoms with Gasteiger partial charge in [0.2, 0.25) is 5.95 Å². The van der Waals surface area contributed by atoms with Crippen LogP contribution in [-0.4, -0.2) is 15.9 Å². The molecule has 3 rings (SSSR count). The largest absolute Gasteiger partial charge is 0.347 e. The van der Waals surface area contributed by atoms with Crippen molar-refractivity contribution >= 4 is 17.5 Å². The predicted molar refractivity (Wildman–Crippen MR) is 104 cm³/mol. The number of hydrogen-bond donors (Lipinski definition) is 2. The second-order valence-corrected chi connectivity index (χ2v) is 6.44. The van der Waals surface area contributed by atoms with Crippen molar-refractivity contribution in [1.82, 2.24) is 15.3 Å². The van der Waals surface area contributed by atoms with Crippen molar-refractivity contribution in [3.8, 4) is 0 Å². The van der Waals surface area contributed by atoms with Gasteiger partial charge >= 0.3 is 0 Å². The molecule has 1 aromatic heterocycles. The van der Waals surface area contributed by atoms with Gasteiger partial charge in [0.15, 0.2) is 0 Å². The normalized spacial score (nSPS) is 10.5. The molecule has 0 saturated carbocycles. The van der Waals surface area contributed by atoms with Gasteiger partial charge in [0.25, 0.3) is 5.91 Å². The maximum absolute atomic E-state index is 13.7. The van der Waals surface area contributed by atoms with Crippen molar-refractivity contribution in [2.45, 2.75) is 27.3 Å². The summed E-state index contributed by atoms with van der Waals surface area (Å²) in [6.07, 6.45) is 0. The van der Waals surface area contributed by atoms with Crippen molar-refractivity contribution in [3.63, 3.8) is 0 Å².